The number of anilines is 1. The molecule has 0 radical (unpaired) electrons. The third kappa shape index (κ3) is 3.44. The van der Waals surface area contributed by atoms with Gasteiger partial charge >= 0.3 is 0 Å². The lowest BCUT2D eigenvalue weighted by atomic mass is 10.2. The number of amides is 1. The second-order valence-electron chi connectivity index (χ2n) is 5.00. The summed E-state index contributed by atoms with van der Waals surface area (Å²) < 4.78 is 11.3. The van der Waals surface area contributed by atoms with E-state index < -0.39 is 0 Å². The smallest absolute Gasteiger partial charge is 0.257 e. The average Bonchev–Trinajstić information content (AvgIpc) is 3.20. The second-order valence-corrected chi connectivity index (χ2v) is 5.00. The molecule has 1 unspecified atom stereocenters. The van der Waals surface area contributed by atoms with E-state index in [9.17, 15) is 4.79 Å². The molecule has 1 aromatic carbocycles. The van der Waals surface area contributed by atoms with Crippen LogP contribution in [0.4, 0.5) is 5.69 Å². The summed E-state index contributed by atoms with van der Waals surface area (Å²) in [5.74, 6) is 0.501. The van der Waals surface area contributed by atoms with Gasteiger partial charge in [-0.1, -0.05) is 12.1 Å². The van der Waals surface area contributed by atoms with Gasteiger partial charge in [0.2, 0.25) is 0 Å². The fraction of sp³-hybridized carbons (Fsp3) is 0.312. The van der Waals surface area contributed by atoms with Crippen LogP contribution in [0.15, 0.2) is 42.7 Å². The lowest BCUT2D eigenvalue weighted by Crippen LogP contribution is -2.18. The molecule has 21 heavy (non-hydrogen) atoms. The van der Waals surface area contributed by atoms with E-state index in [1.54, 1.807) is 18.5 Å². The third-order valence-electron chi connectivity index (χ3n) is 3.44. The normalized spacial score (nSPS) is 17.6. The van der Waals surface area contributed by atoms with Crippen LogP contribution in [-0.4, -0.2) is 30.2 Å². The van der Waals surface area contributed by atoms with Gasteiger partial charge in [0.15, 0.2) is 0 Å². The van der Waals surface area contributed by atoms with Gasteiger partial charge in [0.25, 0.3) is 5.91 Å². The first-order valence-corrected chi connectivity index (χ1v) is 7.10. The highest BCUT2D eigenvalue weighted by molar-refractivity contribution is 6.04. The fourth-order valence-electron chi connectivity index (χ4n) is 2.31. The zero-order valence-corrected chi connectivity index (χ0v) is 11.7. The maximum atomic E-state index is 12.1. The van der Waals surface area contributed by atoms with E-state index in [-0.39, 0.29) is 12.0 Å². The van der Waals surface area contributed by atoms with Crippen LogP contribution >= 0.6 is 0 Å². The Bertz CT molecular complexity index is 589. The largest absolute Gasteiger partial charge is 0.489 e. The first kappa shape index (κ1) is 13.7. The predicted molar refractivity (Wildman–Crippen MR) is 79.7 cm³/mol. The van der Waals surface area contributed by atoms with E-state index in [2.05, 4.69) is 10.3 Å². The van der Waals surface area contributed by atoms with E-state index in [0.717, 1.165) is 19.4 Å². The number of carbonyl (C=O) groups is 1. The molecule has 110 valence electrons. The van der Waals surface area contributed by atoms with Crippen LogP contribution in [0.3, 0.4) is 0 Å². The fourth-order valence-corrected chi connectivity index (χ4v) is 2.31. The molecule has 0 bridgehead atoms. The molecule has 2 aromatic rings. The summed E-state index contributed by atoms with van der Waals surface area (Å²) >= 11 is 0. The Morgan fingerprint density at radius 3 is 3.05 bits per heavy atom. The summed E-state index contributed by atoms with van der Waals surface area (Å²) in [6.45, 7) is 1.32. The van der Waals surface area contributed by atoms with Crippen molar-refractivity contribution in [3.63, 3.8) is 0 Å². The molecule has 1 amide bonds. The summed E-state index contributed by atoms with van der Waals surface area (Å²) in [4.78, 5) is 14.9. The Morgan fingerprint density at radius 1 is 1.38 bits per heavy atom. The summed E-state index contributed by atoms with van der Waals surface area (Å²) in [7, 11) is 0. The van der Waals surface area contributed by atoms with Gasteiger partial charge in [-0.3, -0.25) is 4.79 Å². The molecule has 3 rings (SSSR count). The Morgan fingerprint density at radius 2 is 2.29 bits per heavy atom. The van der Waals surface area contributed by atoms with Crippen LogP contribution in [-0.2, 0) is 4.74 Å². The maximum absolute atomic E-state index is 12.1. The highest BCUT2D eigenvalue weighted by Gasteiger charge is 2.17. The molecule has 2 heterocycles. The number of nitrogens with one attached hydrogen (secondary N) is 2. The van der Waals surface area contributed by atoms with E-state index in [1.807, 2.05) is 24.3 Å². The van der Waals surface area contributed by atoms with Crippen molar-refractivity contribution >= 4 is 11.6 Å². The van der Waals surface area contributed by atoms with E-state index in [0.29, 0.717) is 23.6 Å². The number of ether oxygens (including phenoxy) is 2. The number of rotatable bonds is 5. The summed E-state index contributed by atoms with van der Waals surface area (Å²) in [6.07, 6.45) is 5.64. The molecular weight excluding hydrogens is 268 g/mol. The van der Waals surface area contributed by atoms with Crippen molar-refractivity contribution in [2.24, 2.45) is 0 Å². The third-order valence-corrected chi connectivity index (χ3v) is 3.44. The summed E-state index contributed by atoms with van der Waals surface area (Å²) in [6, 6.07) is 9.16. The Balaban J connectivity index is 1.65. The Kier molecular flexibility index (Phi) is 4.21. The van der Waals surface area contributed by atoms with Gasteiger partial charge in [-0.05, 0) is 31.0 Å². The molecule has 1 aromatic heterocycles. The molecule has 1 saturated heterocycles. The topological polar surface area (TPSA) is 63.4 Å². The van der Waals surface area contributed by atoms with Gasteiger partial charge in [0.1, 0.15) is 12.4 Å². The number of carbonyl (C=O) groups excluding carboxylic acids is 1. The standard InChI is InChI=1S/C16H18N2O3/c19-16(12-7-8-17-10-12)18-14-5-1-2-6-15(14)21-11-13-4-3-9-20-13/h1-2,5-8,10,13,17H,3-4,9,11H2,(H,18,19). The van der Waals surface area contributed by atoms with E-state index >= 15 is 0 Å². The van der Waals surface area contributed by atoms with Gasteiger partial charge in [0.05, 0.1) is 17.4 Å². The summed E-state index contributed by atoms with van der Waals surface area (Å²) in [5.41, 5.74) is 1.26. The van der Waals surface area contributed by atoms with E-state index in [1.165, 1.54) is 0 Å². The number of hydrogen-bond acceptors (Lipinski definition) is 3. The number of para-hydroxylation sites is 2. The van der Waals surface area contributed by atoms with Gasteiger partial charge in [0, 0.05) is 19.0 Å². The molecule has 5 heteroatoms. The van der Waals surface area contributed by atoms with Crippen molar-refractivity contribution in [2.45, 2.75) is 18.9 Å². The number of hydrogen-bond donors (Lipinski definition) is 2. The van der Waals surface area contributed by atoms with Crippen LogP contribution < -0.4 is 10.1 Å². The van der Waals surface area contributed by atoms with Crippen LogP contribution in [0.25, 0.3) is 0 Å². The summed E-state index contributed by atoms with van der Waals surface area (Å²) in [5, 5.41) is 2.86. The van der Waals surface area contributed by atoms with Gasteiger partial charge in [-0.15, -0.1) is 0 Å². The molecule has 1 aliphatic heterocycles. The van der Waals surface area contributed by atoms with Gasteiger partial charge in [-0.2, -0.15) is 0 Å². The zero-order chi connectivity index (χ0) is 14.5. The first-order chi connectivity index (χ1) is 10.3. The monoisotopic (exact) mass is 286 g/mol. The highest BCUT2D eigenvalue weighted by Crippen LogP contribution is 2.25. The molecule has 1 atom stereocenters. The molecule has 5 nitrogen and oxygen atoms in total. The van der Waals surface area contributed by atoms with Crippen LogP contribution in [0, 0.1) is 0 Å². The van der Waals surface area contributed by atoms with Crippen molar-refractivity contribution < 1.29 is 14.3 Å². The van der Waals surface area contributed by atoms with Crippen LogP contribution in [0.1, 0.15) is 23.2 Å². The molecular formula is C16H18N2O3. The average molecular weight is 286 g/mol. The van der Waals surface area contributed by atoms with Crippen molar-refractivity contribution in [1.82, 2.24) is 4.98 Å². The lowest BCUT2D eigenvalue weighted by Gasteiger charge is -2.15. The molecule has 1 fully saturated rings. The van der Waals surface area contributed by atoms with Crippen molar-refractivity contribution in [2.75, 3.05) is 18.5 Å². The molecule has 2 N–H and O–H groups in total. The minimum Gasteiger partial charge on any atom is -0.489 e. The molecule has 0 aliphatic carbocycles. The van der Waals surface area contributed by atoms with Gasteiger partial charge < -0.3 is 19.8 Å². The molecule has 0 saturated carbocycles. The van der Waals surface area contributed by atoms with Crippen molar-refractivity contribution in [3.8, 4) is 5.75 Å². The predicted octanol–water partition coefficient (Wildman–Crippen LogP) is 2.82. The molecule has 0 spiro atoms. The minimum atomic E-state index is -0.163. The second kappa shape index (κ2) is 6.45. The quantitative estimate of drug-likeness (QED) is 0.888. The number of H-pyrrole nitrogens is 1. The number of aromatic amines is 1. The van der Waals surface area contributed by atoms with Crippen molar-refractivity contribution in [3.05, 3.63) is 48.3 Å². The Hall–Kier alpha value is -2.27. The van der Waals surface area contributed by atoms with Gasteiger partial charge in [-0.25, -0.2) is 0 Å². The van der Waals surface area contributed by atoms with Crippen LogP contribution in [0.5, 0.6) is 5.75 Å². The minimum absolute atomic E-state index is 0.151. The molecule has 1 aliphatic rings. The first-order valence-electron chi connectivity index (χ1n) is 7.10. The zero-order valence-electron chi connectivity index (χ0n) is 11.7. The van der Waals surface area contributed by atoms with E-state index in [4.69, 9.17) is 9.47 Å². The van der Waals surface area contributed by atoms with Crippen LogP contribution in [0.2, 0.25) is 0 Å². The van der Waals surface area contributed by atoms with Crippen molar-refractivity contribution in [1.29, 1.82) is 0 Å². The number of benzene rings is 1. The number of aromatic nitrogens is 1. The lowest BCUT2D eigenvalue weighted by molar-refractivity contribution is 0.0682. The maximum Gasteiger partial charge on any atom is 0.257 e. The Labute approximate surface area is 123 Å². The highest BCUT2D eigenvalue weighted by atomic mass is 16.5. The SMILES string of the molecule is O=C(Nc1ccccc1OCC1CCCO1)c1cc[nH]c1.